The molecule has 3 nitrogen and oxygen atoms in total. The number of nitrogens with one attached hydrogen (secondary N) is 1. The topological polar surface area (TPSA) is 56.0 Å². The molecule has 0 bridgehead atoms. The van der Waals surface area contributed by atoms with Crippen LogP contribution in [0.3, 0.4) is 0 Å². The van der Waals surface area contributed by atoms with E-state index in [-0.39, 0.29) is 11.3 Å². The zero-order chi connectivity index (χ0) is 21.6. The molecule has 0 aliphatic heterocycles. The Morgan fingerprint density at radius 3 is 2.33 bits per heavy atom. The van der Waals surface area contributed by atoms with E-state index >= 15 is 0 Å². The molecule has 0 saturated heterocycles. The standard InChI is InChI=1S/C27H36N2O/c1-4-16-27(30,24-8-6-5-7-9-24)22(3)19-29-25-14-17-26(20-28,18-15-25)23-12-10-21(2)11-13-23/h5-13,22,25,29-30H,4,14-19H2,1-3H3. The van der Waals surface area contributed by atoms with Gasteiger partial charge >= 0.3 is 0 Å². The van der Waals surface area contributed by atoms with Gasteiger partial charge in [0.05, 0.1) is 17.1 Å². The summed E-state index contributed by atoms with van der Waals surface area (Å²) in [6.45, 7) is 7.13. The van der Waals surface area contributed by atoms with Gasteiger partial charge in [-0.05, 0) is 50.2 Å². The summed E-state index contributed by atoms with van der Waals surface area (Å²) >= 11 is 0. The fraction of sp³-hybridized carbons (Fsp3) is 0.519. The zero-order valence-electron chi connectivity index (χ0n) is 18.7. The molecule has 1 saturated carbocycles. The second-order valence-corrected chi connectivity index (χ2v) is 9.18. The fourth-order valence-corrected chi connectivity index (χ4v) is 4.95. The van der Waals surface area contributed by atoms with Crippen LogP contribution in [0.25, 0.3) is 0 Å². The van der Waals surface area contributed by atoms with Crippen molar-refractivity contribution < 1.29 is 5.11 Å². The zero-order valence-corrected chi connectivity index (χ0v) is 18.7. The summed E-state index contributed by atoms with van der Waals surface area (Å²) in [5.74, 6) is 0.111. The van der Waals surface area contributed by atoms with Crippen LogP contribution in [0.15, 0.2) is 54.6 Å². The van der Waals surface area contributed by atoms with Gasteiger partial charge in [0.2, 0.25) is 0 Å². The largest absolute Gasteiger partial charge is 0.385 e. The lowest BCUT2D eigenvalue weighted by molar-refractivity contribution is -0.0267. The SMILES string of the molecule is CCCC(O)(c1ccccc1)C(C)CNC1CCC(C#N)(c2ccc(C)cc2)CC1. The summed E-state index contributed by atoms with van der Waals surface area (Å²) < 4.78 is 0. The number of rotatable bonds is 8. The molecule has 1 fully saturated rings. The Morgan fingerprint density at radius 2 is 1.77 bits per heavy atom. The van der Waals surface area contributed by atoms with Crippen LogP contribution in [0.2, 0.25) is 0 Å². The molecule has 0 radical (unpaired) electrons. The van der Waals surface area contributed by atoms with E-state index in [0.717, 1.165) is 56.2 Å². The van der Waals surface area contributed by atoms with Gasteiger partial charge in [-0.3, -0.25) is 0 Å². The molecule has 0 spiro atoms. The van der Waals surface area contributed by atoms with Crippen molar-refractivity contribution in [2.75, 3.05) is 6.54 Å². The summed E-state index contributed by atoms with van der Waals surface area (Å²) in [4.78, 5) is 0. The van der Waals surface area contributed by atoms with Crippen LogP contribution in [-0.4, -0.2) is 17.7 Å². The summed E-state index contributed by atoms with van der Waals surface area (Å²) in [6, 6.07) is 21.6. The minimum atomic E-state index is -0.810. The van der Waals surface area contributed by atoms with E-state index in [1.807, 2.05) is 30.3 Å². The molecular weight excluding hydrogens is 368 g/mol. The van der Waals surface area contributed by atoms with Crippen LogP contribution in [0.5, 0.6) is 0 Å². The molecule has 1 aliphatic rings. The van der Waals surface area contributed by atoms with Crippen molar-refractivity contribution in [1.82, 2.24) is 5.32 Å². The first-order chi connectivity index (χ1) is 14.4. The van der Waals surface area contributed by atoms with Gasteiger partial charge in [0.25, 0.3) is 0 Å². The van der Waals surface area contributed by atoms with Crippen LogP contribution >= 0.6 is 0 Å². The number of benzene rings is 2. The highest BCUT2D eigenvalue weighted by Crippen LogP contribution is 2.40. The van der Waals surface area contributed by atoms with Gasteiger partial charge in [0.15, 0.2) is 0 Å². The second-order valence-electron chi connectivity index (χ2n) is 9.18. The summed E-state index contributed by atoms with van der Waals surface area (Å²) in [5, 5.41) is 25.2. The van der Waals surface area contributed by atoms with Crippen LogP contribution in [0.1, 0.15) is 69.1 Å². The molecule has 3 rings (SSSR count). The van der Waals surface area contributed by atoms with Crippen molar-refractivity contribution in [3.63, 3.8) is 0 Å². The predicted molar refractivity (Wildman–Crippen MR) is 123 cm³/mol. The predicted octanol–water partition coefficient (Wildman–Crippen LogP) is 5.61. The first kappa shape index (κ1) is 22.5. The van der Waals surface area contributed by atoms with E-state index in [9.17, 15) is 10.4 Å². The second kappa shape index (κ2) is 9.77. The van der Waals surface area contributed by atoms with E-state index in [4.69, 9.17) is 0 Å². The lowest BCUT2D eigenvalue weighted by Crippen LogP contribution is -2.45. The maximum Gasteiger partial charge on any atom is 0.0933 e. The van der Waals surface area contributed by atoms with E-state index in [1.165, 1.54) is 5.56 Å². The third-order valence-electron chi connectivity index (χ3n) is 7.09. The highest BCUT2D eigenvalue weighted by atomic mass is 16.3. The Labute approximate surface area is 182 Å². The molecule has 2 aromatic carbocycles. The molecule has 3 heteroatoms. The van der Waals surface area contributed by atoms with Gasteiger partial charge in [0, 0.05) is 18.5 Å². The Kier molecular flexibility index (Phi) is 7.34. The van der Waals surface area contributed by atoms with Crippen molar-refractivity contribution >= 4 is 0 Å². The summed E-state index contributed by atoms with van der Waals surface area (Å²) in [7, 11) is 0. The van der Waals surface area contributed by atoms with Gasteiger partial charge in [-0.1, -0.05) is 80.4 Å². The van der Waals surface area contributed by atoms with Gasteiger partial charge in [0.1, 0.15) is 0 Å². The normalized spacial score (nSPS) is 24.6. The molecule has 160 valence electrons. The van der Waals surface area contributed by atoms with Gasteiger partial charge < -0.3 is 10.4 Å². The Morgan fingerprint density at radius 1 is 1.13 bits per heavy atom. The van der Waals surface area contributed by atoms with Gasteiger partial charge in [-0.15, -0.1) is 0 Å². The van der Waals surface area contributed by atoms with Crippen molar-refractivity contribution in [2.45, 2.75) is 76.4 Å². The molecule has 1 aliphatic carbocycles. The first-order valence-corrected chi connectivity index (χ1v) is 11.4. The van der Waals surface area contributed by atoms with E-state index in [2.05, 4.69) is 56.4 Å². The lowest BCUT2D eigenvalue weighted by atomic mass is 9.69. The molecular formula is C27H36N2O. The number of nitrogens with zero attached hydrogens (tertiary/aromatic N) is 1. The monoisotopic (exact) mass is 404 g/mol. The average Bonchev–Trinajstić information content (AvgIpc) is 2.79. The molecule has 0 heterocycles. The van der Waals surface area contributed by atoms with Crippen LogP contribution in [0.4, 0.5) is 0 Å². The molecule has 2 unspecified atom stereocenters. The maximum absolute atomic E-state index is 11.5. The molecule has 2 aromatic rings. The average molecular weight is 405 g/mol. The molecule has 30 heavy (non-hydrogen) atoms. The van der Waals surface area contributed by atoms with Crippen molar-refractivity contribution in [3.8, 4) is 6.07 Å². The lowest BCUT2D eigenvalue weighted by Gasteiger charge is -2.38. The number of nitriles is 1. The number of hydrogen-bond donors (Lipinski definition) is 2. The third kappa shape index (κ3) is 4.77. The minimum absolute atomic E-state index is 0.111. The smallest absolute Gasteiger partial charge is 0.0933 e. The number of aliphatic hydroxyl groups is 1. The van der Waals surface area contributed by atoms with E-state index in [1.54, 1.807) is 0 Å². The van der Waals surface area contributed by atoms with E-state index in [0.29, 0.717) is 6.04 Å². The fourth-order valence-electron chi connectivity index (χ4n) is 4.95. The highest BCUT2D eigenvalue weighted by molar-refractivity contribution is 5.35. The number of aryl methyl sites for hydroxylation is 1. The third-order valence-corrected chi connectivity index (χ3v) is 7.09. The molecule has 2 atom stereocenters. The summed E-state index contributed by atoms with van der Waals surface area (Å²) in [5.41, 5.74) is 2.23. The Balaban J connectivity index is 1.60. The quantitative estimate of drug-likeness (QED) is 0.601. The van der Waals surface area contributed by atoms with Gasteiger partial charge in [-0.2, -0.15) is 5.26 Å². The summed E-state index contributed by atoms with van der Waals surface area (Å²) in [6.07, 6.45) is 5.46. The molecule has 0 aromatic heterocycles. The van der Waals surface area contributed by atoms with Crippen LogP contribution < -0.4 is 5.32 Å². The van der Waals surface area contributed by atoms with E-state index < -0.39 is 5.60 Å². The minimum Gasteiger partial charge on any atom is -0.385 e. The van der Waals surface area contributed by atoms with Gasteiger partial charge in [-0.25, -0.2) is 0 Å². The van der Waals surface area contributed by atoms with Crippen molar-refractivity contribution in [2.24, 2.45) is 5.92 Å². The highest BCUT2D eigenvalue weighted by Gasteiger charge is 2.38. The Hall–Kier alpha value is -2.15. The van der Waals surface area contributed by atoms with Crippen molar-refractivity contribution in [3.05, 3.63) is 71.3 Å². The van der Waals surface area contributed by atoms with Crippen molar-refractivity contribution in [1.29, 1.82) is 5.26 Å². The maximum atomic E-state index is 11.5. The van der Waals surface area contributed by atoms with Crippen LogP contribution in [0, 0.1) is 24.2 Å². The molecule has 2 N–H and O–H groups in total. The first-order valence-electron chi connectivity index (χ1n) is 11.4. The van der Waals surface area contributed by atoms with Crippen LogP contribution in [-0.2, 0) is 11.0 Å². The number of hydrogen-bond acceptors (Lipinski definition) is 3. The molecule has 0 amide bonds. The Bertz CT molecular complexity index is 831.